The molecular weight excluding hydrogens is 599 g/mol. The highest BCUT2D eigenvalue weighted by Gasteiger charge is 2.34. The van der Waals surface area contributed by atoms with Crippen LogP contribution in [-0.2, 0) is 9.53 Å². The monoisotopic (exact) mass is 634 g/mol. The average Bonchev–Trinajstić information content (AvgIpc) is 3.52. The number of amides is 1. The molecule has 9 nitrogen and oxygen atoms in total. The smallest absolute Gasteiger partial charge is 0.302 e. The molecule has 5 aromatic rings. The fraction of sp³-hybridized carbons (Fsp3) is 0.243. The van der Waals surface area contributed by atoms with Gasteiger partial charge in [-0.2, -0.15) is 0 Å². The fourth-order valence-corrected chi connectivity index (χ4v) is 6.03. The molecule has 1 saturated heterocycles. The normalized spacial score (nSPS) is 14.7. The molecule has 0 N–H and O–H groups in total. The van der Waals surface area contributed by atoms with Crippen LogP contribution in [0.4, 0.5) is 10.1 Å². The van der Waals surface area contributed by atoms with E-state index in [1.54, 1.807) is 34.7 Å². The second-order valence-corrected chi connectivity index (χ2v) is 11.5. The summed E-state index contributed by atoms with van der Waals surface area (Å²) in [4.78, 5) is 46.5. The lowest BCUT2D eigenvalue weighted by molar-refractivity contribution is -0.142. The van der Waals surface area contributed by atoms with E-state index < -0.39 is 17.8 Å². The van der Waals surface area contributed by atoms with Gasteiger partial charge in [0.25, 0.3) is 5.91 Å². The Morgan fingerprint density at radius 1 is 1.00 bits per heavy atom. The van der Waals surface area contributed by atoms with E-state index >= 15 is 4.39 Å². The number of ether oxygens (including phenoxy) is 2. The Morgan fingerprint density at radius 2 is 1.83 bits per heavy atom. The number of piperazine rings is 1. The van der Waals surface area contributed by atoms with Gasteiger partial charge in [-0.05, 0) is 66.6 Å². The van der Waals surface area contributed by atoms with Crippen LogP contribution in [0.1, 0.15) is 40.3 Å². The number of rotatable bonds is 9. The Morgan fingerprint density at radius 3 is 2.60 bits per heavy atom. The van der Waals surface area contributed by atoms with Crippen molar-refractivity contribution in [1.29, 1.82) is 0 Å². The highest BCUT2D eigenvalue weighted by Crippen LogP contribution is 2.31. The van der Waals surface area contributed by atoms with Gasteiger partial charge in [0.1, 0.15) is 29.7 Å². The van der Waals surface area contributed by atoms with E-state index in [1.807, 2.05) is 67.6 Å². The number of esters is 1. The molecule has 10 heteroatoms. The summed E-state index contributed by atoms with van der Waals surface area (Å²) in [6, 6.07) is 23.2. The van der Waals surface area contributed by atoms with Crippen LogP contribution < -0.4 is 9.64 Å². The predicted molar refractivity (Wildman–Crippen MR) is 178 cm³/mol. The van der Waals surface area contributed by atoms with Gasteiger partial charge in [-0.15, -0.1) is 0 Å². The van der Waals surface area contributed by atoms with Gasteiger partial charge in [-0.25, -0.2) is 9.37 Å². The summed E-state index contributed by atoms with van der Waals surface area (Å²) in [6.07, 6.45) is 2.45. The van der Waals surface area contributed by atoms with Crippen LogP contribution in [0.2, 0.25) is 0 Å². The third-order valence-corrected chi connectivity index (χ3v) is 8.29. The Bertz CT molecular complexity index is 1970. The van der Waals surface area contributed by atoms with Crippen LogP contribution in [0.15, 0.2) is 85.1 Å². The summed E-state index contributed by atoms with van der Waals surface area (Å²) in [5.74, 6) is -0.386. The highest BCUT2D eigenvalue weighted by atomic mass is 19.1. The number of halogens is 1. The zero-order valence-corrected chi connectivity index (χ0v) is 26.5. The van der Waals surface area contributed by atoms with Gasteiger partial charge in [-0.1, -0.05) is 36.4 Å². The largest absolute Gasteiger partial charge is 0.494 e. The van der Waals surface area contributed by atoms with Crippen LogP contribution in [0.5, 0.6) is 5.75 Å². The van der Waals surface area contributed by atoms with Crippen molar-refractivity contribution in [2.45, 2.75) is 26.8 Å². The first kappa shape index (κ1) is 31.5. The number of anilines is 1. The number of aryl methyl sites for hydroxylation is 1. The molecule has 1 aromatic heterocycles. The number of carbonyl (C=O) groups excluding carboxylic acids is 3. The predicted octanol–water partition coefficient (Wildman–Crippen LogP) is 6.25. The minimum Gasteiger partial charge on any atom is -0.494 e. The van der Waals surface area contributed by atoms with Crippen molar-refractivity contribution in [2.24, 2.45) is 0 Å². The molecule has 1 aliphatic heterocycles. The van der Waals surface area contributed by atoms with Gasteiger partial charge in [-0.3, -0.25) is 19.0 Å². The fourth-order valence-electron chi connectivity index (χ4n) is 6.03. The molecule has 1 atom stereocenters. The molecule has 0 spiro atoms. The van der Waals surface area contributed by atoms with Crippen LogP contribution in [0.3, 0.4) is 0 Å². The van der Waals surface area contributed by atoms with E-state index in [-0.39, 0.29) is 29.6 Å². The molecule has 2 heterocycles. The highest BCUT2D eigenvalue weighted by molar-refractivity contribution is 6.00. The SMILES string of the molecule is CCOc1cccc(-n2cc(C(=O)N3CCN(c4cc(C=O)c5ccccc5c4)C[C@H]3COC(C)=O)nc2-c2ccc(C)cc2F)c1. The molecule has 0 bridgehead atoms. The van der Waals surface area contributed by atoms with Gasteiger partial charge in [0.05, 0.1) is 23.9 Å². The number of fused-ring (bicyclic) bond motifs is 1. The van der Waals surface area contributed by atoms with Crippen molar-refractivity contribution in [3.63, 3.8) is 0 Å². The maximum Gasteiger partial charge on any atom is 0.302 e. The van der Waals surface area contributed by atoms with Crippen LogP contribution >= 0.6 is 0 Å². The molecule has 0 unspecified atom stereocenters. The Labute approximate surface area is 272 Å². The number of hydrogen-bond acceptors (Lipinski definition) is 7. The molecule has 4 aromatic carbocycles. The third kappa shape index (κ3) is 6.58. The van der Waals surface area contributed by atoms with E-state index in [4.69, 9.17) is 14.5 Å². The maximum atomic E-state index is 15.3. The minimum atomic E-state index is -0.516. The summed E-state index contributed by atoms with van der Waals surface area (Å²) in [5.41, 5.74) is 3.19. The maximum absolute atomic E-state index is 15.3. The van der Waals surface area contributed by atoms with Gasteiger partial charge in [0, 0.05) is 50.1 Å². The number of benzene rings is 4. The average molecular weight is 635 g/mol. The molecule has 47 heavy (non-hydrogen) atoms. The summed E-state index contributed by atoms with van der Waals surface area (Å²) < 4.78 is 28.2. The van der Waals surface area contributed by atoms with E-state index in [0.29, 0.717) is 43.2 Å². The van der Waals surface area contributed by atoms with Crippen molar-refractivity contribution in [3.8, 4) is 22.8 Å². The van der Waals surface area contributed by atoms with E-state index in [2.05, 4.69) is 4.90 Å². The second-order valence-electron chi connectivity index (χ2n) is 11.5. The van der Waals surface area contributed by atoms with Crippen molar-refractivity contribution < 1.29 is 28.2 Å². The topological polar surface area (TPSA) is 94.0 Å². The number of aldehydes is 1. The number of hydrogen-bond donors (Lipinski definition) is 0. The van der Waals surface area contributed by atoms with E-state index in [1.165, 1.54) is 13.0 Å². The van der Waals surface area contributed by atoms with Crippen LogP contribution in [0, 0.1) is 12.7 Å². The third-order valence-electron chi connectivity index (χ3n) is 8.29. The van der Waals surface area contributed by atoms with Crippen molar-refractivity contribution in [2.75, 3.05) is 37.7 Å². The zero-order valence-electron chi connectivity index (χ0n) is 26.5. The van der Waals surface area contributed by atoms with Crippen LogP contribution in [0.25, 0.3) is 27.8 Å². The lowest BCUT2D eigenvalue weighted by atomic mass is 10.0. The first-order valence-corrected chi connectivity index (χ1v) is 15.5. The number of carbonyl (C=O) groups is 3. The van der Waals surface area contributed by atoms with Gasteiger partial charge in [0.15, 0.2) is 6.29 Å². The minimum absolute atomic E-state index is 0.0255. The van der Waals surface area contributed by atoms with Gasteiger partial charge >= 0.3 is 5.97 Å². The van der Waals surface area contributed by atoms with Crippen molar-refractivity contribution in [3.05, 3.63) is 108 Å². The quantitative estimate of drug-likeness (QED) is 0.140. The lowest BCUT2D eigenvalue weighted by Gasteiger charge is -2.42. The molecule has 6 rings (SSSR count). The molecule has 240 valence electrons. The zero-order chi connectivity index (χ0) is 33.1. The number of nitrogens with zero attached hydrogens (tertiary/aromatic N) is 4. The van der Waals surface area contributed by atoms with Gasteiger partial charge in [0.2, 0.25) is 0 Å². The Balaban J connectivity index is 1.36. The standard InChI is InChI=1S/C37H35FN4O5/c1-4-46-31-10-7-9-28(19-31)42-21-35(39-36(42)33-13-12-24(2)16-34(33)38)37(45)41-15-14-40(20-30(41)23-47-25(3)44)29-17-26-8-5-6-11-32(26)27(18-29)22-43/h5-13,16-19,21-22,30H,4,14-15,20,23H2,1-3H3/t30-/m0/s1. The van der Waals surface area contributed by atoms with Crippen LogP contribution in [-0.4, -0.2) is 71.5 Å². The Kier molecular flexibility index (Phi) is 9.01. The van der Waals surface area contributed by atoms with Crippen molar-refractivity contribution in [1.82, 2.24) is 14.5 Å². The molecule has 1 aliphatic rings. The number of imidazole rings is 1. The van der Waals surface area contributed by atoms with Crippen molar-refractivity contribution >= 4 is 34.6 Å². The first-order valence-electron chi connectivity index (χ1n) is 15.5. The molecular formula is C37H35FN4O5. The molecule has 1 fully saturated rings. The van der Waals surface area contributed by atoms with E-state index in [0.717, 1.165) is 28.3 Å². The van der Waals surface area contributed by atoms with E-state index in [9.17, 15) is 14.4 Å². The number of aromatic nitrogens is 2. The summed E-state index contributed by atoms with van der Waals surface area (Å²) in [6.45, 7) is 6.59. The summed E-state index contributed by atoms with van der Waals surface area (Å²) in [5, 5.41) is 1.79. The summed E-state index contributed by atoms with van der Waals surface area (Å²) in [7, 11) is 0. The second kappa shape index (κ2) is 13.5. The molecule has 0 aliphatic carbocycles. The summed E-state index contributed by atoms with van der Waals surface area (Å²) >= 11 is 0. The molecule has 0 radical (unpaired) electrons. The first-order chi connectivity index (χ1) is 22.7. The van der Waals surface area contributed by atoms with Gasteiger partial charge < -0.3 is 19.3 Å². The molecule has 1 amide bonds. The molecule has 0 saturated carbocycles. The lowest BCUT2D eigenvalue weighted by Crippen LogP contribution is -2.57. The Hall–Kier alpha value is -5.51.